The van der Waals surface area contributed by atoms with Gasteiger partial charge in [-0.2, -0.15) is 8.42 Å². The molecule has 0 saturated heterocycles. The Morgan fingerprint density at radius 1 is 1.43 bits per heavy atom. The average molecular weight is 213 g/mol. The third kappa shape index (κ3) is 2.20. The quantitative estimate of drug-likeness (QED) is 0.582. The van der Waals surface area contributed by atoms with Crippen LogP contribution in [0.5, 0.6) is 0 Å². The Morgan fingerprint density at radius 3 is 2.50 bits per heavy atom. The minimum Gasteiger partial charge on any atom is -0.321 e. The predicted octanol–water partition coefficient (Wildman–Crippen LogP) is 1.12. The highest BCUT2D eigenvalue weighted by molar-refractivity contribution is 7.85. The van der Waals surface area contributed by atoms with Gasteiger partial charge in [-0.15, -0.1) is 6.58 Å². The van der Waals surface area contributed by atoms with Crippen molar-refractivity contribution in [2.75, 3.05) is 0 Å². The molecule has 0 saturated carbocycles. The van der Waals surface area contributed by atoms with Gasteiger partial charge in [0.25, 0.3) is 10.1 Å². The van der Waals surface area contributed by atoms with Crippen molar-refractivity contribution in [2.24, 2.45) is 5.73 Å². The van der Waals surface area contributed by atoms with Crippen LogP contribution in [0.2, 0.25) is 0 Å². The molecule has 0 bridgehead atoms. The summed E-state index contributed by atoms with van der Waals surface area (Å²) in [5.41, 5.74) is 5.94. The zero-order chi connectivity index (χ0) is 10.8. The molecule has 1 aromatic carbocycles. The summed E-state index contributed by atoms with van der Waals surface area (Å²) in [4.78, 5) is -0.174. The lowest BCUT2D eigenvalue weighted by molar-refractivity contribution is 0.481. The molecule has 3 N–H and O–H groups in total. The van der Waals surface area contributed by atoms with Crippen LogP contribution in [0, 0.1) is 0 Å². The van der Waals surface area contributed by atoms with Gasteiger partial charge in [-0.05, 0) is 11.6 Å². The van der Waals surface area contributed by atoms with Crippen LogP contribution in [0.15, 0.2) is 41.8 Å². The second kappa shape index (κ2) is 3.91. The molecule has 5 heteroatoms. The first-order chi connectivity index (χ1) is 6.46. The molecule has 76 valence electrons. The minimum atomic E-state index is -4.22. The summed E-state index contributed by atoms with van der Waals surface area (Å²) in [5.74, 6) is 0. The monoisotopic (exact) mass is 213 g/mol. The predicted molar refractivity (Wildman–Crippen MR) is 53.4 cm³/mol. The molecule has 0 aliphatic rings. The van der Waals surface area contributed by atoms with E-state index in [0.29, 0.717) is 5.56 Å². The number of hydrogen-bond donors (Lipinski definition) is 2. The molecule has 0 spiro atoms. The largest absolute Gasteiger partial charge is 0.321 e. The molecule has 1 aromatic rings. The van der Waals surface area contributed by atoms with E-state index < -0.39 is 16.2 Å². The van der Waals surface area contributed by atoms with Crippen LogP contribution < -0.4 is 5.73 Å². The normalized spacial score (nSPS) is 13.6. The van der Waals surface area contributed by atoms with Crippen LogP contribution in [-0.4, -0.2) is 13.0 Å². The summed E-state index contributed by atoms with van der Waals surface area (Å²) in [6.07, 6.45) is 1.41. The van der Waals surface area contributed by atoms with E-state index in [1.54, 1.807) is 6.07 Å². The van der Waals surface area contributed by atoms with Gasteiger partial charge in [0.15, 0.2) is 0 Å². The van der Waals surface area contributed by atoms with E-state index in [1.165, 1.54) is 24.3 Å². The molecule has 4 nitrogen and oxygen atoms in total. The SMILES string of the molecule is C=CC(N)c1ccccc1S(=O)(=O)O. The van der Waals surface area contributed by atoms with E-state index in [-0.39, 0.29) is 4.90 Å². The highest BCUT2D eigenvalue weighted by Crippen LogP contribution is 2.20. The van der Waals surface area contributed by atoms with Gasteiger partial charge in [-0.3, -0.25) is 4.55 Å². The summed E-state index contributed by atoms with van der Waals surface area (Å²) >= 11 is 0. The molecule has 0 radical (unpaired) electrons. The Bertz CT molecular complexity index is 439. The van der Waals surface area contributed by atoms with Gasteiger partial charge in [-0.1, -0.05) is 24.3 Å². The third-order valence-corrected chi connectivity index (χ3v) is 2.74. The zero-order valence-corrected chi connectivity index (χ0v) is 8.24. The molecule has 1 unspecified atom stereocenters. The molecule has 1 rings (SSSR count). The lowest BCUT2D eigenvalue weighted by atomic mass is 10.1. The van der Waals surface area contributed by atoms with E-state index in [2.05, 4.69) is 6.58 Å². The maximum atomic E-state index is 10.9. The fraction of sp³-hybridized carbons (Fsp3) is 0.111. The van der Waals surface area contributed by atoms with Crippen LogP contribution in [0.25, 0.3) is 0 Å². The first-order valence-corrected chi connectivity index (χ1v) is 5.35. The van der Waals surface area contributed by atoms with Crippen LogP contribution in [0.1, 0.15) is 11.6 Å². The smallest absolute Gasteiger partial charge is 0.294 e. The molecule has 0 fully saturated rings. The maximum Gasteiger partial charge on any atom is 0.294 e. The van der Waals surface area contributed by atoms with Gasteiger partial charge in [0.05, 0.1) is 4.90 Å². The van der Waals surface area contributed by atoms with E-state index in [0.717, 1.165) is 0 Å². The third-order valence-electron chi connectivity index (χ3n) is 1.81. The summed E-state index contributed by atoms with van der Waals surface area (Å²) in [5, 5.41) is 0. The zero-order valence-electron chi connectivity index (χ0n) is 7.42. The maximum absolute atomic E-state index is 10.9. The lowest BCUT2D eigenvalue weighted by Gasteiger charge is -2.10. The fourth-order valence-corrected chi connectivity index (χ4v) is 1.87. The van der Waals surface area contributed by atoms with Crippen LogP contribution in [0.4, 0.5) is 0 Å². The van der Waals surface area contributed by atoms with Crippen molar-refractivity contribution in [2.45, 2.75) is 10.9 Å². The summed E-state index contributed by atoms with van der Waals surface area (Å²) in [6, 6.07) is 5.40. The highest BCUT2D eigenvalue weighted by Gasteiger charge is 2.16. The summed E-state index contributed by atoms with van der Waals surface area (Å²) in [7, 11) is -4.22. The fourth-order valence-electron chi connectivity index (χ4n) is 1.12. The Labute approximate surface area is 82.8 Å². The van der Waals surface area contributed by atoms with Crippen molar-refractivity contribution in [3.05, 3.63) is 42.5 Å². The van der Waals surface area contributed by atoms with Crippen molar-refractivity contribution in [1.29, 1.82) is 0 Å². The summed E-state index contributed by atoms with van der Waals surface area (Å²) < 4.78 is 30.8. The first-order valence-electron chi connectivity index (χ1n) is 3.91. The molecule has 0 aliphatic heterocycles. The molecule has 0 aliphatic carbocycles. The van der Waals surface area contributed by atoms with E-state index in [1.807, 2.05) is 0 Å². The van der Waals surface area contributed by atoms with Crippen molar-refractivity contribution in [3.8, 4) is 0 Å². The molecule has 0 heterocycles. The van der Waals surface area contributed by atoms with Gasteiger partial charge >= 0.3 is 0 Å². The van der Waals surface area contributed by atoms with Gasteiger partial charge in [0.1, 0.15) is 0 Å². The second-order valence-electron chi connectivity index (χ2n) is 2.77. The van der Waals surface area contributed by atoms with Gasteiger partial charge < -0.3 is 5.73 Å². The lowest BCUT2D eigenvalue weighted by Crippen LogP contribution is -2.12. The van der Waals surface area contributed by atoms with Crippen LogP contribution in [0.3, 0.4) is 0 Å². The molecule has 0 amide bonds. The average Bonchev–Trinajstić information content (AvgIpc) is 2.15. The highest BCUT2D eigenvalue weighted by atomic mass is 32.2. The molecular formula is C9H11NO3S. The summed E-state index contributed by atoms with van der Waals surface area (Å²) in [6.45, 7) is 3.46. The van der Waals surface area contributed by atoms with Gasteiger partial charge in [0.2, 0.25) is 0 Å². The number of nitrogens with two attached hydrogens (primary N) is 1. The topological polar surface area (TPSA) is 80.4 Å². The van der Waals surface area contributed by atoms with E-state index >= 15 is 0 Å². The standard InChI is InChI=1S/C9H11NO3S/c1-2-8(10)7-5-3-4-6-9(7)14(11,12)13/h2-6,8H,1,10H2,(H,11,12,13). The molecule has 0 aromatic heterocycles. The van der Waals surface area contributed by atoms with Gasteiger partial charge in [-0.25, -0.2) is 0 Å². The molecular weight excluding hydrogens is 202 g/mol. The second-order valence-corrected chi connectivity index (χ2v) is 4.16. The Kier molecular flexibility index (Phi) is 3.05. The number of hydrogen-bond acceptors (Lipinski definition) is 3. The minimum absolute atomic E-state index is 0.174. The Balaban J connectivity index is 3.37. The Hall–Kier alpha value is -1.17. The van der Waals surface area contributed by atoms with E-state index in [9.17, 15) is 8.42 Å². The number of benzene rings is 1. The first kappa shape index (κ1) is 10.9. The van der Waals surface area contributed by atoms with Crippen molar-refractivity contribution >= 4 is 10.1 Å². The number of rotatable bonds is 3. The van der Waals surface area contributed by atoms with Crippen molar-refractivity contribution in [3.63, 3.8) is 0 Å². The Morgan fingerprint density at radius 2 is 2.00 bits per heavy atom. The molecule has 14 heavy (non-hydrogen) atoms. The van der Waals surface area contributed by atoms with Crippen molar-refractivity contribution < 1.29 is 13.0 Å². The van der Waals surface area contributed by atoms with E-state index in [4.69, 9.17) is 10.3 Å². The van der Waals surface area contributed by atoms with Crippen LogP contribution in [-0.2, 0) is 10.1 Å². The molecule has 1 atom stereocenters. The van der Waals surface area contributed by atoms with Crippen LogP contribution >= 0.6 is 0 Å². The van der Waals surface area contributed by atoms with Gasteiger partial charge in [0, 0.05) is 6.04 Å². The van der Waals surface area contributed by atoms with Crippen molar-refractivity contribution in [1.82, 2.24) is 0 Å².